The normalized spacial score (nSPS) is 18.4. The van der Waals surface area contributed by atoms with Gasteiger partial charge in [0.15, 0.2) is 0 Å². The van der Waals surface area contributed by atoms with E-state index in [0.29, 0.717) is 0 Å². The maximum Gasteiger partial charge on any atom is 0.324 e. The largest absolute Gasteiger partial charge is 0.481 e. The van der Waals surface area contributed by atoms with Crippen LogP contribution in [0.25, 0.3) is 0 Å². The Kier molecular flexibility index (Phi) is 7.19. The minimum absolute atomic E-state index is 0.0246. The Labute approximate surface area is 138 Å². The Balaban J connectivity index is 2.71. The van der Waals surface area contributed by atoms with Crippen molar-refractivity contribution in [2.24, 2.45) is 5.92 Å². The Morgan fingerprint density at radius 2 is 1.74 bits per heavy atom. The number of ether oxygens (including phenoxy) is 1. The van der Waals surface area contributed by atoms with Gasteiger partial charge in [0.1, 0.15) is 17.4 Å². The molecule has 6 heteroatoms. The molecule has 1 saturated carbocycles. The first-order valence-electron chi connectivity index (χ1n) is 8.32. The fourth-order valence-electron chi connectivity index (χ4n) is 2.86. The fourth-order valence-corrected chi connectivity index (χ4v) is 2.86. The van der Waals surface area contributed by atoms with Gasteiger partial charge in [0, 0.05) is 18.4 Å². The third-order valence-corrected chi connectivity index (χ3v) is 3.87. The van der Waals surface area contributed by atoms with Crippen molar-refractivity contribution in [2.45, 2.75) is 83.9 Å². The summed E-state index contributed by atoms with van der Waals surface area (Å²) in [6.45, 7) is 6.98. The van der Waals surface area contributed by atoms with Crippen molar-refractivity contribution in [3.63, 3.8) is 0 Å². The number of hydrogen-bond acceptors (Lipinski definition) is 5. The van der Waals surface area contributed by atoms with Crippen LogP contribution in [0.2, 0.25) is 0 Å². The maximum atomic E-state index is 12.4. The Morgan fingerprint density at radius 1 is 1.17 bits per heavy atom. The lowest BCUT2D eigenvalue weighted by molar-refractivity contribution is -0.159. The molecule has 0 aromatic carbocycles. The van der Waals surface area contributed by atoms with Gasteiger partial charge in [0.05, 0.1) is 6.42 Å². The van der Waals surface area contributed by atoms with E-state index in [-0.39, 0.29) is 24.5 Å². The van der Waals surface area contributed by atoms with Crippen molar-refractivity contribution >= 4 is 17.7 Å². The first-order chi connectivity index (χ1) is 10.6. The quantitative estimate of drug-likeness (QED) is 0.665. The summed E-state index contributed by atoms with van der Waals surface area (Å²) in [5.74, 6) is -1.36. The highest BCUT2D eigenvalue weighted by Crippen LogP contribution is 2.27. The summed E-state index contributed by atoms with van der Waals surface area (Å²) in [7, 11) is 0. The SMILES string of the molecule is C[C@@H](CC(=O)O)NC(CC(=O)C1CCCC1)C(=O)OC(C)(C)C. The van der Waals surface area contributed by atoms with Crippen LogP contribution in [0.4, 0.5) is 0 Å². The number of Topliss-reactive ketones (excluding diaryl/α,β-unsaturated/α-hetero) is 1. The van der Waals surface area contributed by atoms with E-state index in [9.17, 15) is 14.4 Å². The number of carboxylic acid groups (broad SMARTS) is 1. The number of esters is 1. The van der Waals surface area contributed by atoms with E-state index in [0.717, 1.165) is 25.7 Å². The molecule has 1 fully saturated rings. The number of carbonyl (C=O) groups excluding carboxylic acids is 2. The number of rotatable bonds is 8. The van der Waals surface area contributed by atoms with Gasteiger partial charge in [-0.2, -0.15) is 0 Å². The molecule has 1 aliphatic carbocycles. The van der Waals surface area contributed by atoms with Crippen molar-refractivity contribution in [1.29, 1.82) is 0 Å². The van der Waals surface area contributed by atoms with Gasteiger partial charge < -0.3 is 15.2 Å². The average Bonchev–Trinajstić information content (AvgIpc) is 2.88. The smallest absolute Gasteiger partial charge is 0.324 e. The van der Waals surface area contributed by atoms with Gasteiger partial charge in [0.25, 0.3) is 0 Å². The summed E-state index contributed by atoms with van der Waals surface area (Å²) in [6, 6.07) is -1.21. The minimum Gasteiger partial charge on any atom is -0.481 e. The Hall–Kier alpha value is -1.43. The second-order valence-corrected chi connectivity index (χ2v) is 7.40. The third kappa shape index (κ3) is 7.59. The van der Waals surface area contributed by atoms with E-state index < -0.39 is 29.6 Å². The first kappa shape index (κ1) is 19.6. The number of carbonyl (C=O) groups is 3. The lowest BCUT2D eigenvalue weighted by atomic mass is 9.96. The summed E-state index contributed by atoms with van der Waals surface area (Å²) in [6.07, 6.45) is 3.81. The molecule has 23 heavy (non-hydrogen) atoms. The molecular formula is C17H29NO5. The standard InChI is InChI=1S/C17H29NO5/c1-11(9-15(20)21)18-13(16(22)23-17(2,3)4)10-14(19)12-7-5-6-8-12/h11-13,18H,5-10H2,1-4H3,(H,20,21)/t11-,13?/m0/s1. The molecule has 1 unspecified atom stereocenters. The lowest BCUT2D eigenvalue weighted by Crippen LogP contribution is -2.47. The van der Waals surface area contributed by atoms with Crippen molar-refractivity contribution in [1.82, 2.24) is 5.32 Å². The van der Waals surface area contributed by atoms with Crippen LogP contribution in [-0.4, -0.2) is 40.5 Å². The summed E-state index contributed by atoms with van der Waals surface area (Å²) < 4.78 is 5.37. The zero-order chi connectivity index (χ0) is 17.6. The van der Waals surface area contributed by atoms with Crippen LogP contribution in [-0.2, 0) is 19.1 Å². The molecule has 2 N–H and O–H groups in total. The molecule has 6 nitrogen and oxygen atoms in total. The monoisotopic (exact) mass is 327 g/mol. The molecule has 0 aromatic rings. The minimum atomic E-state index is -0.949. The third-order valence-electron chi connectivity index (χ3n) is 3.87. The zero-order valence-electron chi connectivity index (χ0n) is 14.6. The average molecular weight is 327 g/mol. The van der Waals surface area contributed by atoms with Crippen molar-refractivity contribution in [2.75, 3.05) is 0 Å². The number of nitrogens with one attached hydrogen (secondary N) is 1. The Bertz CT molecular complexity index is 435. The van der Waals surface area contributed by atoms with Crippen molar-refractivity contribution in [3.05, 3.63) is 0 Å². The van der Waals surface area contributed by atoms with Crippen LogP contribution in [0, 0.1) is 5.92 Å². The lowest BCUT2D eigenvalue weighted by Gasteiger charge is -2.26. The summed E-state index contributed by atoms with van der Waals surface area (Å²) in [4.78, 5) is 35.5. The molecule has 0 aliphatic heterocycles. The number of aliphatic carboxylic acids is 1. The fraction of sp³-hybridized carbons (Fsp3) is 0.824. The highest BCUT2D eigenvalue weighted by Gasteiger charge is 2.32. The highest BCUT2D eigenvalue weighted by molar-refractivity contribution is 5.88. The molecule has 0 saturated heterocycles. The zero-order valence-corrected chi connectivity index (χ0v) is 14.6. The molecule has 2 atom stereocenters. The highest BCUT2D eigenvalue weighted by atomic mass is 16.6. The van der Waals surface area contributed by atoms with Crippen LogP contribution in [0.15, 0.2) is 0 Å². The maximum absolute atomic E-state index is 12.4. The predicted molar refractivity (Wildman–Crippen MR) is 86.1 cm³/mol. The Morgan fingerprint density at radius 3 is 2.22 bits per heavy atom. The topological polar surface area (TPSA) is 92.7 Å². The van der Waals surface area contributed by atoms with Crippen LogP contribution in [0.5, 0.6) is 0 Å². The molecule has 0 spiro atoms. The summed E-state index contributed by atoms with van der Waals surface area (Å²) >= 11 is 0. The van der Waals surface area contributed by atoms with Gasteiger partial charge in [-0.15, -0.1) is 0 Å². The number of hydrogen-bond donors (Lipinski definition) is 2. The van der Waals surface area contributed by atoms with Crippen LogP contribution in [0.1, 0.15) is 66.2 Å². The molecule has 0 bridgehead atoms. The van der Waals surface area contributed by atoms with Crippen molar-refractivity contribution in [3.8, 4) is 0 Å². The summed E-state index contributed by atoms with van der Waals surface area (Å²) in [5.41, 5.74) is -0.649. The molecule has 0 aromatic heterocycles. The van der Waals surface area contributed by atoms with E-state index >= 15 is 0 Å². The molecule has 0 amide bonds. The van der Waals surface area contributed by atoms with Crippen LogP contribution < -0.4 is 5.32 Å². The summed E-state index contributed by atoms with van der Waals surface area (Å²) in [5, 5.41) is 11.8. The van der Waals surface area contributed by atoms with E-state index in [2.05, 4.69) is 5.32 Å². The van der Waals surface area contributed by atoms with Gasteiger partial charge in [-0.1, -0.05) is 12.8 Å². The van der Waals surface area contributed by atoms with Gasteiger partial charge in [0.2, 0.25) is 0 Å². The molecule has 1 aliphatic rings. The van der Waals surface area contributed by atoms with E-state index in [1.165, 1.54) is 0 Å². The van der Waals surface area contributed by atoms with Gasteiger partial charge in [-0.05, 0) is 40.5 Å². The van der Waals surface area contributed by atoms with Gasteiger partial charge >= 0.3 is 11.9 Å². The van der Waals surface area contributed by atoms with Crippen LogP contribution in [0.3, 0.4) is 0 Å². The first-order valence-corrected chi connectivity index (χ1v) is 8.32. The predicted octanol–water partition coefficient (Wildman–Crippen LogP) is 2.30. The van der Waals surface area contributed by atoms with E-state index in [1.54, 1.807) is 27.7 Å². The molecule has 1 rings (SSSR count). The van der Waals surface area contributed by atoms with Crippen LogP contribution >= 0.6 is 0 Å². The number of ketones is 1. The second-order valence-electron chi connectivity index (χ2n) is 7.40. The molecule has 0 radical (unpaired) electrons. The molecule has 132 valence electrons. The molecule has 0 heterocycles. The van der Waals surface area contributed by atoms with E-state index in [4.69, 9.17) is 9.84 Å². The second kappa shape index (κ2) is 8.43. The van der Waals surface area contributed by atoms with Crippen molar-refractivity contribution < 1.29 is 24.2 Å². The molecular weight excluding hydrogens is 298 g/mol. The van der Waals surface area contributed by atoms with Gasteiger partial charge in [-0.25, -0.2) is 0 Å². The number of carboxylic acids is 1. The van der Waals surface area contributed by atoms with E-state index in [1.807, 2.05) is 0 Å². The van der Waals surface area contributed by atoms with Gasteiger partial charge in [-0.3, -0.25) is 14.4 Å².